The van der Waals surface area contributed by atoms with Gasteiger partial charge in [-0.15, -0.1) is 0 Å². The number of rotatable bonds is 4. The second-order valence-electron chi connectivity index (χ2n) is 5.63. The van der Waals surface area contributed by atoms with Crippen molar-refractivity contribution in [1.82, 2.24) is 4.90 Å². The van der Waals surface area contributed by atoms with Crippen molar-refractivity contribution < 1.29 is 4.79 Å². The molecule has 1 N–H and O–H groups in total. The van der Waals surface area contributed by atoms with Gasteiger partial charge in [0.2, 0.25) is 0 Å². The molecule has 3 rings (SSSR count). The fourth-order valence-electron chi connectivity index (χ4n) is 2.67. The Hall–Kier alpha value is -1.66. The molecule has 0 saturated carbocycles. The van der Waals surface area contributed by atoms with E-state index in [1.807, 2.05) is 30.3 Å². The minimum absolute atomic E-state index is 0.0217. The molecule has 0 atom stereocenters. The summed E-state index contributed by atoms with van der Waals surface area (Å²) in [6, 6.07) is 18.3. The van der Waals surface area contributed by atoms with Gasteiger partial charge in [0.25, 0.3) is 5.91 Å². The van der Waals surface area contributed by atoms with Gasteiger partial charge >= 0.3 is 0 Å². The molecule has 0 fully saturated rings. The number of nitrogens with zero attached hydrogens (tertiary/aromatic N) is 1. The van der Waals surface area contributed by atoms with Gasteiger partial charge in [-0.1, -0.05) is 48.5 Å². The molecule has 0 radical (unpaired) electrons. The quantitative estimate of drug-likeness (QED) is 0.760. The summed E-state index contributed by atoms with van der Waals surface area (Å²) in [6.45, 7) is 2.67. The first kappa shape index (κ1) is 16.2. The molecule has 2 aromatic rings. The second-order valence-corrected chi connectivity index (χ2v) is 6.80. The molecule has 1 aliphatic rings. The third-order valence-corrected chi connectivity index (χ3v) is 4.90. The Kier molecular flexibility index (Phi) is 5.46. The van der Waals surface area contributed by atoms with Gasteiger partial charge < -0.3 is 5.32 Å². The third-order valence-electron chi connectivity index (χ3n) is 3.96. The lowest BCUT2D eigenvalue weighted by molar-refractivity contribution is -0.113. The van der Waals surface area contributed by atoms with Crippen LogP contribution in [0.25, 0.3) is 0 Å². The van der Waals surface area contributed by atoms with Gasteiger partial charge in [0.05, 0.1) is 5.69 Å². The first-order valence-electron chi connectivity index (χ1n) is 7.73. The van der Waals surface area contributed by atoms with Crippen LogP contribution in [0.5, 0.6) is 0 Å². The Morgan fingerprint density at radius 1 is 1.09 bits per heavy atom. The molecule has 1 amide bonds. The lowest BCUT2D eigenvalue weighted by atomic mass is 10.1. The fourth-order valence-corrected chi connectivity index (χ4v) is 3.19. The van der Waals surface area contributed by atoms with Gasteiger partial charge in [-0.2, -0.15) is 0 Å². The van der Waals surface area contributed by atoms with Crippen LogP contribution in [0.15, 0.2) is 66.2 Å². The SMILES string of the molecule is O=C(Nc1ccccc1I)C1=CCN(Cc2ccccc2)CC1. The van der Waals surface area contributed by atoms with E-state index >= 15 is 0 Å². The molecule has 1 aliphatic heterocycles. The average Bonchev–Trinajstić information content (AvgIpc) is 2.58. The van der Waals surface area contributed by atoms with Gasteiger partial charge in [0.15, 0.2) is 0 Å². The van der Waals surface area contributed by atoms with Crippen molar-refractivity contribution in [3.63, 3.8) is 0 Å². The first-order chi connectivity index (χ1) is 11.2. The predicted molar refractivity (Wildman–Crippen MR) is 102 cm³/mol. The molecular formula is C19H19IN2O. The van der Waals surface area contributed by atoms with E-state index in [0.29, 0.717) is 0 Å². The molecule has 0 saturated heterocycles. The monoisotopic (exact) mass is 418 g/mol. The maximum Gasteiger partial charge on any atom is 0.251 e. The van der Waals surface area contributed by atoms with Crippen LogP contribution in [0.1, 0.15) is 12.0 Å². The smallest absolute Gasteiger partial charge is 0.251 e. The van der Waals surface area contributed by atoms with Crippen LogP contribution < -0.4 is 5.32 Å². The highest BCUT2D eigenvalue weighted by Gasteiger charge is 2.17. The molecule has 0 aromatic heterocycles. The minimum Gasteiger partial charge on any atom is -0.321 e. The van der Waals surface area contributed by atoms with Crippen molar-refractivity contribution >= 4 is 34.2 Å². The summed E-state index contributed by atoms with van der Waals surface area (Å²) in [7, 11) is 0. The lowest BCUT2D eigenvalue weighted by Crippen LogP contribution is -2.31. The standard InChI is InChI=1S/C19H19IN2O/c20-17-8-4-5-9-18(17)21-19(23)16-10-12-22(13-11-16)14-15-6-2-1-3-7-15/h1-10H,11-14H2,(H,21,23). The van der Waals surface area contributed by atoms with Crippen LogP contribution in [-0.4, -0.2) is 23.9 Å². The number of carbonyl (C=O) groups excluding carboxylic acids is 1. The summed E-state index contributed by atoms with van der Waals surface area (Å²) < 4.78 is 1.06. The van der Waals surface area contributed by atoms with Crippen molar-refractivity contribution in [3.8, 4) is 0 Å². The van der Waals surface area contributed by atoms with E-state index in [1.165, 1.54) is 5.56 Å². The molecule has 1 heterocycles. The van der Waals surface area contributed by atoms with E-state index in [2.05, 4.69) is 63.1 Å². The van der Waals surface area contributed by atoms with Gasteiger partial charge in [0.1, 0.15) is 0 Å². The highest BCUT2D eigenvalue weighted by Crippen LogP contribution is 2.20. The first-order valence-corrected chi connectivity index (χ1v) is 8.81. The average molecular weight is 418 g/mol. The molecule has 4 heteroatoms. The summed E-state index contributed by atoms with van der Waals surface area (Å²) >= 11 is 2.24. The summed E-state index contributed by atoms with van der Waals surface area (Å²) in [5, 5.41) is 3.01. The Morgan fingerprint density at radius 2 is 1.83 bits per heavy atom. The number of benzene rings is 2. The van der Waals surface area contributed by atoms with Crippen molar-refractivity contribution in [1.29, 1.82) is 0 Å². The summed E-state index contributed by atoms with van der Waals surface area (Å²) in [5.74, 6) is 0.0217. The summed E-state index contributed by atoms with van der Waals surface area (Å²) in [6.07, 6.45) is 2.85. The van der Waals surface area contributed by atoms with Gasteiger partial charge in [-0.3, -0.25) is 9.69 Å². The Labute approximate surface area is 150 Å². The van der Waals surface area contributed by atoms with Crippen LogP contribution in [0.3, 0.4) is 0 Å². The second kappa shape index (κ2) is 7.75. The van der Waals surface area contributed by atoms with E-state index in [4.69, 9.17) is 0 Å². The van der Waals surface area contributed by atoms with Gasteiger partial charge in [-0.05, 0) is 46.7 Å². The number of nitrogens with one attached hydrogen (secondary N) is 1. The third kappa shape index (κ3) is 4.42. The highest BCUT2D eigenvalue weighted by molar-refractivity contribution is 14.1. The minimum atomic E-state index is 0.0217. The number of carbonyl (C=O) groups is 1. The van der Waals surface area contributed by atoms with Crippen molar-refractivity contribution in [2.45, 2.75) is 13.0 Å². The zero-order valence-corrected chi connectivity index (χ0v) is 15.0. The van der Waals surface area contributed by atoms with E-state index in [0.717, 1.165) is 40.9 Å². The van der Waals surface area contributed by atoms with Crippen molar-refractivity contribution in [2.24, 2.45) is 0 Å². The zero-order valence-electron chi connectivity index (χ0n) is 12.8. The molecule has 0 spiro atoms. The van der Waals surface area contributed by atoms with E-state index in [1.54, 1.807) is 0 Å². The molecule has 0 unspecified atom stereocenters. The molecule has 3 nitrogen and oxygen atoms in total. The van der Waals surface area contributed by atoms with Crippen LogP contribution in [0, 0.1) is 3.57 Å². The number of anilines is 1. The van der Waals surface area contributed by atoms with Crippen LogP contribution in [0.4, 0.5) is 5.69 Å². The number of hydrogen-bond acceptors (Lipinski definition) is 2. The summed E-state index contributed by atoms with van der Waals surface area (Å²) in [5.41, 5.74) is 3.08. The summed E-state index contributed by atoms with van der Waals surface area (Å²) in [4.78, 5) is 14.7. The van der Waals surface area contributed by atoms with Crippen molar-refractivity contribution in [3.05, 3.63) is 75.4 Å². The van der Waals surface area contributed by atoms with E-state index in [9.17, 15) is 4.79 Å². The topological polar surface area (TPSA) is 32.3 Å². The predicted octanol–water partition coefficient (Wildman–Crippen LogP) is 4.06. The number of amides is 1. The molecule has 118 valence electrons. The zero-order chi connectivity index (χ0) is 16.1. The lowest BCUT2D eigenvalue weighted by Gasteiger charge is -2.26. The molecular weight excluding hydrogens is 399 g/mol. The molecule has 23 heavy (non-hydrogen) atoms. The van der Waals surface area contributed by atoms with E-state index in [-0.39, 0.29) is 5.91 Å². The Morgan fingerprint density at radius 3 is 2.52 bits per heavy atom. The fraction of sp³-hybridized carbons (Fsp3) is 0.211. The van der Waals surface area contributed by atoms with Crippen molar-refractivity contribution in [2.75, 3.05) is 18.4 Å². The van der Waals surface area contributed by atoms with Crippen LogP contribution >= 0.6 is 22.6 Å². The Bertz CT molecular complexity index is 712. The van der Waals surface area contributed by atoms with Gasteiger partial charge in [0, 0.05) is 28.8 Å². The Balaban J connectivity index is 1.58. The van der Waals surface area contributed by atoms with E-state index < -0.39 is 0 Å². The number of hydrogen-bond donors (Lipinski definition) is 1. The number of halogens is 1. The molecule has 0 bridgehead atoms. The highest BCUT2D eigenvalue weighted by atomic mass is 127. The maximum absolute atomic E-state index is 12.4. The van der Waals surface area contributed by atoms with Gasteiger partial charge in [-0.25, -0.2) is 0 Å². The number of para-hydroxylation sites is 1. The molecule has 0 aliphatic carbocycles. The molecule has 2 aromatic carbocycles. The normalized spacial score (nSPS) is 15.1. The van der Waals surface area contributed by atoms with Crippen LogP contribution in [-0.2, 0) is 11.3 Å². The maximum atomic E-state index is 12.4. The largest absolute Gasteiger partial charge is 0.321 e. The van der Waals surface area contributed by atoms with Crippen LogP contribution in [0.2, 0.25) is 0 Å².